The van der Waals surface area contributed by atoms with Crippen LogP contribution in [0.15, 0.2) is 6.07 Å². The van der Waals surface area contributed by atoms with Crippen LogP contribution in [0, 0.1) is 17.3 Å². The van der Waals surface area contributed by atoms with Crippen LogP contribution in [0.1, 0.15) is 96.3 Å². The van der Waals surface area contributed by atoms with Crippen molar-refractivity contribution in [1.29, 1.82) is 0 Å². The fourth-order valence-electron chi connectivity index (χ4n) is 6.39. The molecule has 0 radical (unpaired) electrons. The summed E-state index contributed by atoms with van der Waals surface area (Å²) in [4.78, 5) is 0. The maximum Gasteiger partial charge on any atom is 0.123 e. The quantitative estimate of drug-likeness (QED) is 0.615. The van der Waals surface area contributed by atoms with Crippen LogP contribution in [-0.2, 0) is 5.41 Å². The van der Waals surface area contributed by atoms with Crippen LogP contribution in [0.5, 0.6) is 11.5 Å². The number of phenols is 2. The van der Waals surface area contributed by atoms with E-state index < -0.39 is 0 Å². The molecule has 0 bridgehead atoms. The molecule has 2 aliphatic carbocycles. The maximum absolute atomic E-state index is 11.0. The smallest absolute Gasteiger partial charge is 0.123 e. The lowest BCUT2D eigenvalue weighted by Crippen LogP contribution is -2.52. The second kappa shape index (κ2) is 5.41. The maximum atomic E-state index is 11.0. The molecular formula is C22H34O2. The largest absolute Gasteiger partial charge is 0.508 e. The zero-order chi connectivity index (χ0) is 18.0. The van der Waals surface area contributed by atoms with Gasteiger partial charge in [0.1, 0.15) is 11.5 Å². The Morgan fingerprint density at radius 2 is 1.71 bits per heavy atom. The van der Waals surface area contributed by atoms with Gasteiger partial charge in [-0.05, 0) is 48.0 Å². The highest BCUT2D eigenvalue weighted by molar-refractivity contribution is 5.60. The van der Waals surface area contributed by atoms with Crippen molar-refractivity contribution in [3.05, 3.63) is 22.8 Å². The van der Waals surface area contributed by atoms with Crippen molar-refractivity contribution in [2.45, 2.75) is 85.0 Å². The molecule has 1 fully saturated rings. The van der Waals surface area contributed by atoms with Crippen LogP contribution in [0.4, 0.5) is 0 Å². The number of aromatic hydroxyl groups is 2. The van der Waals surface area contributed by atoms with E-state index in [-0.39, 0.29) is 22.7 Å². The normalized spacial score (nSPS) is 34.8. The number of rotatable bonds is 1. The molecule has 0 spiro atoms. The summed E-state index contributed by atoms with van der Waals surface area (Å²) in [6, 6.07) is 1.82. The first-order valence-electron chi connectivity index (χ1n) is 9.61. The number of hydrogen-bond donors (Lipinski definition) is 2. The van der Waals surface area contributed by atoms with Crippen molar-refractivity contribution in [3.8, 4) is 11.5 Å². The Balaban J connectivity index is 2.32. The van der Waals surface area contributed by atoms with Gasteiger partial charge < -0.3 is 10.2 Å². The SMILES string of the molecule is CC(C)c1cc(O)c2c(c1O)C(C)C(C)C1C(C)(C)CCCC21C. The first-order chi connectivity index (χ1) is 11.0. The van der Waals surface area contributed by atoms with E-state index in [1.165, 1.54) is 12.8 Å². The minimum atomic E-state index is -0.0555. The molecule has 1 saturated carbocycles. The molecule has 24 heavy (non-hydrogen) atoms. The molecule has 0 heterocycles. The average molecular weight is 331 g/mol. The van der Waals surface area contributed by atoms with Gasteiger partial charge >= 0.3 is 0 Å². The van der Waals surface area contributed by atoms with Gasteiger partial charge in [-0.25, -0.2) is 0 Å². The first kappa shape index (κ1) is 17.6. The lowest BCUT2D eigenvalue weighted by atomic mass is 9.45. The summed E-state index contributed by atoms with van der Waals surface area (Å²) in [6.07, 6.45) is 3.53. The summed E-state index contributed by atoms with van der Waals surface area (Å²) in [6.45, 7) is 15.8. The molecule has 2 N–H and O–H groups in total. The zero-order valence-electron chi connectivity index (χ0n) is 16.4. The fourth-order valence-corrected chi connectivity index (χ4v) is 6.39. The van der Waals surface area contributed by atoms with Gasteiger partial charge in [0, 0.05) is 22.1 Å². The van der Waals surface area contributed by atoms with Crippen molar-refractivity contribution in [1.82, 2.24) is 0 Å². The monoisotopic (exact) mass is 330 g/mol. The van der Waals surface area contributed by atoms with Gasteiger partial charge in [-0.1, -0.05) is 54.9 Å². The molecule has 2 heteroatoms. The van der Waals surface area contributed by atoms with Crippen LogP contribution in [0.25, 0.3) is 0 Å². The highest BCUT2D eigenvalue weighted by atomic mass is 16.3. The Bertz CT molecular complexity index is 658. The van der Waals surface area contributed by atoms with Gasteiger partial charge in [0.2, 0.25) is 0 Å². The number of hydrogen-bond acceptors (Lipinski definition) is 2. The summed E-state index contributed by atoms with van der Waals surface area (Å²) in [5, 5.41) is 22.0. The Labute approximate surface area is 147 Å². The summed E-state index contributed by atoms with van der Waals surface area (Å²) in [5.41, 5.74) is 3.13. The Morgan fingerprint density at radius 3 is 2.29 bits per heavy atom. The molecule has 0 aromatic heterocycles. The van der Waals surface area contributed by atoms with E-state index in [0.29, 0.717) is 23.3 Å². The van der Waals surface area contributed by atoms with E-state index in [0.717, 1.165) is 23.1 Å². The van der Waals surface area contributed by atoms with E-state index in [1.54, 1.807) is 0 Å². The van der Waals surface area contributed by atoms with Crippen LogP contribution < -0.4 is 0 Å². The summed E-state index contributed by atoms with van der Waals surface area (Å²) in [7, 11) is 0. The minimum absolute atomic E-state index is 0.0555. The van der Waals surface area contributed by atoms with E-state index in [2.05, 4.69) is 48.5 Å². The molecule has 0 aliphatic heterocycles. The fraction of sp³-hybridized carbons (Fsp3) is 0.727. The first-order valence-corrected chi connectivity index (χ1v) is 9.61. The van der Waals surface area contributed by atoms with Gasteiger partial charge in [-0.15, -0.1) is 0 Å². The Kier molecular flexibility index (Phi) is 3.97. The molecule has 1 aromatic rings. The third-order valence-electron chi connectivity index (χ3n) is 7.35. The van der Waals surface area contributed by atoms with Crippen molar-refractivity contribution < 1.29 is 10.2 Å². The summed E-state index contributed by atoms with van der Waals surface area (Å²) >= 11 is 0. The zero-order valence-corrected chi connectivity index (χ0v) is 16.4. The summed E-state index contributed by atoms with van der Waals surface area (Å²) in [5.74, 6) is 2.31. The molecule has 2 aliphatic rings. The van der Waals surface area contributed by atoms with Gasteiger partial charge in [-0.2, -0.15) is 0 Å². The van der Waals surface area contributed by atoms with Crippen LogP contribution in [-0.4, -0.2) is 10.2 Å². The lowest BCUT2D eigenvalue weighted by molar-refractivity contribution is -0.00643. The molecule has 4 atom stereocenters. The van der Waals surface area contributed by atoms with Crippen molar-refractivity contribution in [3.63, 3.8) is 0 Å². The molecule has 1 aromatic carbocycles. The summed E-state index contributed by atoms with van der Waals surface area (Å²) < 4.78 is 0. The van der Waals surface area contributed by atoms with Crippen LogP contribution in [0.3, 0.4) is 0 Å². The van der Waals surface area contributed by atoms with Gasteiger partial charge in [0.05, 0.1) is 0 Å². The highest BCUT2D eigenvalue weighted by Crippen LogP contribution is 2.64. The highest BCUT2D eigenvalue weighted by Gasteiger charge is 2.56. The number of phenolic OH excluding ortho intramolecular Hbond substituents is 2. The number of fused-ring (bicyclic) bond motifs is 3. The van der Waals surface area contributed by atoms with Crippen LogP contribution in [0.2, 0.25) is 0 Å². The van der Waals surface area contributed by atoms with Gasteiger partial charge in [-0.3, -0.25) is 0 Å². The van der Waals surface area contributed by atoms with Crippen molar-refractivity contribution in [2.75, 3.05) is 0 Å². The topological polar surface area (TPSA) is 40.5 Å². The molecular weight excluding hydrogens is 296 g/mol. The molecule has 2 nitrogen and oxygen atoms in total. The van der Waals surface area contributed by atoms with Gasteiger partial charge in [0.25, 0.3) is 0 Å². The number of benzene rings is 1. The lowest BCUT2D eigenvalue weighted by Gasteiger charge is -2.58. The third-order valence-corrected chi connectivity index (χ3v) is 7.35. The minimum Gasteiger partial charge on any atom is -0.508 e. The van der Waals surface area contributed by atoms with E-state index >= 15 is 0 Å². The van der Waals surface area contributed by atoms with Crippen molar-refractivity contribution in [2.24, 2.45) is 17.3 Å². The second-order valence-electron chi connectivity index (χ2n) is 9.66. The predicted octanol–water partition coefficient (Wildman–Crippen LogP) is 6.06. The Hall–Kier alpha value is -1.18. The standard InChI is InChI=1S/C22H34O2/c1-12(2)15-11-16(23)18-17(19(15)24)13(3)14(4)20-21(5,6)9-8-10-22(18,20)7/h11-14,20,23-24H,8-10H2,1-7H3. The second-order valence-corrected chi connectivity index (χ2v) is 9.66. The van der Waals surface area contributed by atoms with E-state index in [4.69, 9.17) is 0 Å². The molecule has 0 saturated heterocycles. The van der Waals surface area contributed by atoms with Crippen molar-refractivity contribution >= 4 is 0 Å². The van der Waals surface area contributed by atoms with Crippen LogP contribution >= 0.6 is 0 Å². The average Bonchev–Trinajstić information content (AvgIpc) is 2.45. The Morgan fingerprint density at radius 1 is 1.08 bits per heavy atom. The molecule has 134 valence electrons. The predicted molar refractivity (Wildman–Crippen MR) is 99.9 cm³/mol. The molecule has 4 unspecified atom stereocenters. The molecule has 0 amide bonds. The van der Waals surface area contributed by atoms with Gasteiger partial charge in [0.15, 0.2) is 0 Å². The van der Waals surface area contributed by atoms with E-state index in [9.17, 15) is 10.2 Å². The van der Waals surface area contributed by atoms with E-state index in [1.807, 2.05) is 6.07 Å². The third kappa shape index (κ3) is 2.21. The molecule has 3 rings (SSSR count).